The molecule has 0 fully saturated rings. The second kappa shape index (κ2) is 8.12. The SMILES string of the molecule is Cc1ccc(-c2ccc(SCc3nc(-c4ccccc4Cl)no3)nn2)cc1C. The van der Waals surface area contributed by atoms with Gasteiger partial charge in [0.05, 0.1) is 16.5 Å². The lowest BCUT2D eigenvalue weighted by Gasteiger charge is -2.05. The summed E-state index contributed by atoms with van der Waals surface area (Å²) >= 11 is 7.67. The molecular weight excluding hydrogens is 392 g/mol. The molecule has 0 amide bonds. The van der Waals surface area contributed by atoms with Crippen LogP contribution in [0.15, 0.2) is 64.1 Å². The van der Waals surface area contributed by atoms with Crippen molar-refractivity contribution in [1.82, 2.24) is 20.3 Å². The number of aryl methyl sites for hydroxylation is 2. The van der Waals surface area contributed by atoms with E-state index in [4.69, 9.17) is 16.1 Å². The molecule has 0 atom stereocenters. The van der Waals surface area contributed by atoms with E-state index in [1.54, 1.807) is 6.07 Å². The summed E-state index contributed by atoms with van der Waals surface area (Å²) in [5, 5.41) is 14.0. The Morgan fingerprint density at radius 3 is 2.57 bits per heavy atom. The Hall–Kier alpha value is -2.70. The van der Waals surface area contributed by atoms with Crippen molar-refractivity contribution in [2.45, 2.75) is 24.6 Å². The van der Waals surface area contributed by atoms with Gasteiger partial charge in [-0.3, -0.25) is 0 Å². The summed E-state index contributed by atoms with van der Waals surface area (Å²) in [4.78, 5) is 4.41. The number of aromatic nitrogens is 4. The standard InChI is InChI=1S/C21H17ClN4OS/c1-13-7-8-15(11-14(13)2)18-9-10-20(25-24-18)28-12-19-23-21(26-27-19)16-5-3-4-6-17(16)22/h3-11H,12H2,1-2H3. The van der Waals surface area contributed by atoms with Crippen LogP contribution in [0.5, 0.6) is 0 Å². The van der Waals surface area contributed by atoms with Crippen LogP contribution in [0.1, 0.15) is 17.0 Å². The van der Waals surface area contributed by atoms with Gasteiger partial charge in [-0.15, -0.1) is 10.2 Å². The number of thioether (sulfide) groups is 1. The Balaban J connectivity index is 1.43. The Bertz CT molecular complexity index is 1110. The van der Waals surface area contributed by atoms with Crippen LogP contribution >= 0.6 is 23.4 Å². The number of benzene rings is 2. The highest BCUT2D eigenvalue weighted by Gasteiger charge is 2.12. The van der Waals surface area contributed by atoms with Gasteiger partial charge in [-0.05, 0) is 55.3 Å². The van der Waals surface area contributed by atoms with E-state index >= 15 is 0 Å². The number of hydrogen-bond acceptors (Lipinski definition) is 6. The fourth-order valence-electron chi connectivity index (χ4n) is 2.65. The predicted molar refractivity (Wildman–Crippen MR) is 111 cm³/mol. The van der Waals surface area contributed by atoms with Gasteiger partial charge in [-0.25, -0.2) is 0 Å². The lowest BCUT2D eigenvalue weighted by Crippen LogP contribution is -1.91. The van der Waals surface area contributed by atoms with Crippen molar-refractivity contribution in [1.29, 1.82) is 0 Å². The molecular formula is C21H17ClN4OS. The number of halogens is 1. The predicted octanol–water partition coefficient (Wildman–Crippen LogP) is 5.76. The summed E-state index contributed by atoms with van der Waals surface area (Å²) in [6, 6.07) is 17.6. The van der Waals surface area contributed by atoms with Crippen LogP contribution in [0.3, 0.4) is 0 Å². The van der Waals surface area contributed by atoms with Gasteiger partial charge in [0.25, 0.3) is 0 Å². The Kier molecular flexibility index (Phi) is 5.41. The van der Waals surface area contributed by atoms with Crippen LogP contribution in [0.2, 0.25) is 5.02 Å². The van der Waals surface area contributed by atoms with Crippen molar-refractivity contribution in [3.05, 3.63) is 76.6 Å². The molecule has 28 heavy (non-hydrogen) atoms. The zero-order valence-corrected chi connectivity index (χ0v) is 17.0. The largest absolute Gasteiger partial charge is 0.338 e. The van der Waals surface area contributed by atoms with E-state index in [-0.39, 0.29) is 0 Å². The fraction of sp³-hybridized carbons (Fsp3) is 0.143. The topological polar surface area (TPSA) is 64.7 Å². The van der Waals surface area contributed by atoms with Gasteiger partial charge >= 0.3 is 0 Å². The minimum absolute atomic E-state index is 0.484. The number of nitrogens with zero attached hydrogens (tertiary/aromatic N) is 4. The average molecular weight is 409 g/mol. The molecule has 0 aliphatic carbocycles. The third kappa shape index (κ3) is 4.08. The lowest BCUT2D eigenvalue weighted by molar-refractivity contribution is 0.391. The van der Waals surface area contributed by atoms with E-state index in [0.29, 0.717) is 22.5 Å². The van der Waals surface area contributed by atoms with Gasteiger partial charge in [0.1, 0.15) is 5.03 Å². The van der Waals surface area contributed by atoms with Crippen LogP contribution in [-0.2, 0) is 5.75 Å². The first-order chi connectivity index (χ1) is 13.6. The summed E-state index contributed by atoms with van der Waals surface area (Å²) in [5.74, 6) is 1.51. The van der Waals surface area contributed by atoms with E-state index in [0.717, 1.165) is 21.8 Å². The van der Waals surface area contributed by atoms with E-state index in [1.807, 2.05) is 30.3 Å². The maximum atomic E-state index is 6.18. The van der Waals surface area contributed by atoms with Crippen LogP contribution in [-0.4, -0.2) is 20.3 Å². The van der Waals surface area contributed by atoms with Crippen molar-refractivity contribution in [3.63, 3.8) is 0 Å². The summed E-state index contributed by atoms with van der Waals surface area (Å²) in [6.07, 6.45) is 0. The summed E-state index contributed by atoms with van der Waals surface area (Å²) in [7, 11) is 0. The molecule has 0 radical (unpaired) electrons. The van der Waals surface area contributed by atoms with E-state index in [2.05, 4.69) is 52.4 Å². The van der Waals surface area contributed by atoms with E-state index in [1.165, 1.54) is 22.9 Å². The quantitative estimate of drug-likeness (QED) is 0.391. The Labute approximate surface area is 172 Å². The molecule has 0 unspecified atom stereocenters. The molecule has 4 aromatic rings. The second-order valence-corrected chi connectivity index (χ2v) is 7.74. The molecule has 2 heterocycles. The van der Waals surface area contributed by atoms with Gasteiger partial charge in [0.2, 0.25) is 11.7 Å². The number of hydrogen-bond donors (Lipinski definition) is 0. The smallest absolute Gasteiger partial charge is 0.237 e. The van der Waals surface area contributed by atoms with Crippen LogP contribution < -0.4 is 0 Å². The molecule has 4 rings (SSSR count). The Morgan fingerprint density at radius 2 is 1.82 bits per heavy atom. The molecule has 0 N–H and O–H groups in total. The summed E-state index contributed by atoms with van der Waals surface area (Å²) < 4.78 is 5.32. The molecule has 0 saturated heterocycles. The third-order valence-corrected chi connectivity index (χ3v) is 5.60. The van der Waals surface area contributed by atoms with Gasteiger partial charge < -0.3 is 4.52 Å². The van der Waals surface area contributed by atoms with E-state index < -0.39 is 0 Å². The normalized spacial score (nSPS) is 11.0. The highest BCUT2D eigenvalue weighted by Crippen LogP contribution is 2.27. The van der Waals surface area contributed by atoms with Crippen molar-refractivity contribution < 1.29 is 4.52 Å². The molecule has 2 aromatic carbocycles. The zero-order chi connectivity index (χ0) is 19.5. The first-order valence-corrected chi connectivity index (χ1v) is 10.1. The molecule has 0 aliphatic rings. The summed E-state index contributed by atoms with van der Waals surface area (Å²) in [6.45, 7) is 4.19. The Morgan fingerprint density at radius 1 is 0.964 bits per heavy atom. The average Bonchev–Trinajstić information content (AvgIpc) is 3.18. The van der Waals surface area contributed by atoms with Crippen molar-refractivity contribution >= 4 is 23.4 Å². The minimum atomic E-state index is 0.484. The van der Waals surface area contributed by atoms with Crippen molar-refractivity contribution in [2.24, 2.45) is 0 Å². The second-order valence-electron chi connectivity index (χ2n) is 6.34. The molecule has 0 aliphatic heterocycles. The third-order valence-electron chi connectivity index (χ3n) is 4.37. The highest BCUT2D eigenvalue weighted by molar-refractivity contribution is 7.98. The monoisotopic (exact) mass is 408 g/mol. The molecule has 0 bridgehead atoms. The fourth-order valence-corrected chi connectivity index (χ4v) is 3.52. The number of rotatable bonds is 5. The van der Waals surface area contributed by atoms with Crippen LogP contribution in [0.4, 0.5) is 0 Å². The van der Waals surface area contributed by atoms with Gasteiger partial charge in [-0.1, -0.05) is 52.8 Å². The maximum absolute atomic E-state index is 6.18. The van der Waals surface area contributed by atoms with Crippen molar-refractivity contribution in [2.75, 3.05) is 0 Å². The van der Waals surface area contributed by atoms with E-state index in [9.17, 15) is 0 Å². The van der Waals surface area contributed by atoms with Gasteiger partial charge in [0, 0.05) is 11.1 Å². The first-order valence-electron chi connectivity index (χ1n) is 8.72. The van der Waals surface area contributed by atoms with Gasteiger partial charge in [0.15, 0.2) is 0 Å². The molecule has 7 heteroatoms. The van der Waals surface area contributed by atoms with Gasteiger partial charge in [-0.2, -0.15) is 4.98 Å². The van der Waals surface area contributed by atoms with Crippen molar-refractivity contribution in [3.8, 4) is 22.6 Å². The lowest BCUT2D eigenvalue weighted by atomic mass is 10.0. The minimum Gasteiger partial charge on any atom is -0.338 e. The molecule has 0 saturated carbocycles. The molecule has 140 valence electrons. The molecule has 2 aromatic heterocycles. The zero-order valence-electron chi connectivity index (χ0n) is 15.4. The summed E-state index contributed by atoms with van der Waals surface area (Å²) in [5.41, 5.74) is 5.17. The molecule has 0 spiro atoms. The van der Waals surface area contributed by atoms with Crippen LogP contribution in [0.25, 0.3) is 22.6 Å². The maximum Gasteiger partial charge on any atom is 0.237 e. The highest BCUT2D eigenvalue weighted by atomic mass is 35.5. The molecule has 5 nitrogen and oxygen atoms in total. The van der Waals surface area contributed by atoms with Crippen LogP contribution in [0, 0.1) is 13.8 Å². The first kappa shape index (κ1) is 18.7.